The zero-order valence-corrected chi connectivity index (χ0v) is 10.7. The van der Waals surface area contributed by atoms with Crippen LogP contribution in [0.2, 0.25) is 0 Å². The maximum absolute atomic E-state index is 11.3. The van der Waals surface area contributed by atoms with E-state index in [0.717, 1.165) is 5.56 Å². The smallest absolute Gasteiger partial charge is 0.334 e. The van der Waals surface area contributed by atoms with Crippen LogP contribution in [0.3, 0.4) is 0 Å². The lowest BCUT2D eigenvalue weighted by atomic mass is 10.3. The highest BCUT2D eigenvalue weighted by Gasteiger charge is 2.20. The third kappa shape index (κ3) is 3.22. The number of hydrogen-bond donors (Lipinski definition) is 1. The molecule has 1 atom stereocenters. The first-order chi connectivity index (χ1) is 8.61. The molecular weight excluding hydrogens is 257 g/mol. The van der Waals surface area contributed by atoms with Gasteiger partial charge in [-0.2, -0.15) is 0 Å². The van der Waals surface area contributed by atoms with Crippen LogP contribution in [-0.2, 0) is 15.6 Å². The first kappa shape index (κ1) is 12.9. The molecule has 0 saturated heterocycles. The van der Waals surface area contributed by atoms with Crippen molar-refractivity contribution in [2.45, 2.75) is 6.54 Å². The van der Waals surface area contributed by atoms with Gasteiger partial charge < -0.3 is 13.8 Å². The molecule has 0 aliphatic carbocycles. The monoisotopic (exact) mass is 270 g/mol. The topological polar surface area (TPSA) is 89.3 Å². The molecule has 0 saturated carbocycles. The highest BCUT2D eigenvalue weighted by atomic mass is 31.2. The van der Waals surface area contributed by atoms with Gasteiger partial charge in [0.15, 0.2) is 12.7 Å². The van der Waals surface area contributed by atoms with Crippen LogP contribution in [0.5, 0.6) is 0 Å². The number of aryl methyl sites for hydroxylation is 1. The Labute approximate surface area is 104 Å². The summed E-state index contributed by atoms with van der Waals surface area (Å²) in [6.07, 6.45) is 6.32. The zero-order chi connectivity index (χ0) is 13.0. The van der Waals surface area contributed by atoms with E-state index in [2.05, 4.69) is 14.6 Å². The molecule has 0 radical (unpaired) electrons. The van der Waals surface area contributed by atoms with Gasteiger partial charge in [-0.1, -0.05) is 4.68 Å². The molecule has 8 heteroatoms. The standard InChI is InChI=1S/C10H12N3O4P/c1-16-18(14,15)7-5-13-4-2-9(8-12-13)10-11-3-6-17-10/h2-4,6,8H,5,7H2,1H3/p+1. The second kappa shape index (κ2) is 5.39. The fourth-order valence-corrected chi connectivity index (χ4v) is 1.97. The Kier molecular flexibility index (Phi) is 3.86. The van der Waals surface area contributed by atoms with Gasteiger partial charge in [-0.3, -0.25) is 4.57 Å². The highest BCUT2D eigenvalue weighted by Crippen LogP contribution is 2.39. The highest BCUT2D eigenvalue weighted by molar-refractivity contribution is 7.52. The zero-order valence-electron chi connectivity index (χ0n) is 9.76. The summed E-state index contributed by atoms with van der Waals surface area (Å²) < 4.78 is 22.4. The minimum atomic E-state index is -3.49. The van der Waals surface area contributed by atoms with Crippen molar-refractivity contribution in [3.63, 3.8) is 0 Å². The maximum atomic E-state index is 11.3. The average Bonchev–Trinajstić information content (AvgIpc) is 2.91. The summed E-state index contributed by atoms with van der Waals surface area (Å²) in [7, 11) is -2.28. The van der Waals surface area contributed by atoms with Gasteiger partial charge in [0.25, 0.3) is 0 Å². The van der Waals surface area contributed by atoms with Gasteiger partial charge in [0.05, 0.1) is 11.8 Å². The van der Waals surface area contributed by atoms with Crippen molar-refractivity contribution >= 4 is 7.60 Å². The molecule has 2 aromatic heterocycles. The number of aromatic nitrogens is 3. The largest absolute Gasteiger partial charge is 0.444 e. The minimum Gasteiger partial charge on any atom is -0.444 e. The molecule has 0 aliphatic heterocycles. The number of hydrogen-bond acceptors (Lipinski definition) is 5. The third-order valence-electron chi connectivity index (χ3n) is 2.35. The van der Waals surface area contributed by atoms with Crippen molar-refractivity contribution in [2.75, 3.05) is 13.3 Å². The van der Waals surface area contributed by atoms with E-state index in [1.54, 1.807) is 29.3 Å². The molecule has 0 aromatic carbocycles. The number of rotatable bonds is 5. The normalized spacial score (nSPS) is 14.3. The molecule has 1 N–H and O–H groups in total. The predicted molar refractivity (Wildman–Crippen MR) is 61.6 cm³/mol. The van der Waals surface area contributed by atoms with Gasteiger partial charge >= 0.3 is 7.60 Å². The Balaban J connectivity index is 2.02. The van der Waals surface area contributed by atoms with Crippen molar-refractivity contribution in [1.82, 2.24) is 10.1 Å². The summed E-state index contributed by atoms with van der Waals surface area (Å²) in [5.74, 6) is 0.486. The van der Waals surface area contributed by atoms with Crippen LogP contribution in [0.25, 0.3) is 11.5 Å². The lowest BCUT2D eigenvalue weighted by Gasteiger charge is -2.04. The van der Waals surface area contributed by atoms with Crippen LogP contribution in [0.15, 0.2) is 35.3 Å². The van der Waals surface area contributed by atoms with E-state index in [-0.39, 0.29) is 6.16 Å². The molecular formula is C10H13N3O4P+. The van der Waals surface area contributed by atoms with E-state index < -0.39 is 7.60 Å². The lowest BCUT2D eigenvalue weighted by Crippen LogP contribution is -2.38. The summed E-state index contributed by atoms with van der Waals surface area (Å²) in [6, 6.07) is 1.77. The molecule has 0 spiro atoms. The summed E-state index contributed by atoms with van der Waals surface area (Å²) in [5, 5.41) is 4.10. The third-order valence-corrected chi connectivity index (χ3v) is 3.68. The number of nitrogens with zero attached hydrogens (tertiary/aromatic N) is 3. The minimum absolute atomic E-state index is 0.0134. The van der Waals surface area contributed by atoms with E-state index in [4.69, 9.17) is 4.42 Å². The van der Waals surface area contributed by atoms with E-state index in [9.17, 15) is 9.46 Å². The Morgan fingerprint density at radius 1 is 1.61 bits per heavy atom. The first-order valence-corrected chi connectivity index (χ1v) is 7.00. The number of oxazole rings is 1. The Morgan fingerprint density at radius 2 is 2.44 bits per heavy atom. The molecule has 96 valence electrons. The van der Waals surface area contributed by atoms with Gasteiger partial charge in [-0.25, -0.2) is 4.98 Å². The fourth-order valence-electron chi connectivity index (χ4n) is 1.33. The summed E-state index contributed by atoms with van der Waals surface area (Å²) in [5.41, 5.74) is 0.746. The van der Waals surface area contributed by atoms with Gasteiger partial charge in [0.1, 0.15) is 18.6 Å². The SMILES string of the molecule is COP(=O)(O)CC[n+]1ccc(-c2ncco2)cn1. The van der Waals surface area contributed by atoms with Crippen molar-refractivity contribution in [3.05, 3.63) is 30.9 Å². The quantitative estimate of drug-likeness (QED) is 0.640. The van der Waals surface area contributed by atoms with Crippen molar-refractivity contribution in [1.29, 1.82) is 0 Å². The van der Waals surface area contributed by atoms with E-state index >= 15 is 0 Å². The fraction of sp³-hybridized carbons (Fsp3) is 0.300. The molecule has 0 bridgehead atoms. The van der Waals surface area contributed by atoms with Gasteiger partial charge in [-0.15, -0.1) is 0 Å². The van der Waals surface area contributed by atoms with Gasteiger partial charge in [0.2, 0.25) is 5.89 Å². The Bertz CT molecular complexity index is 541. The first-order valence-electron chi connectivity index (χ1n) is 5.24. The van der Waals surface area contributed by atoms with Crippen molar-refractivity contribution in [2.24, 2.45) is 0 Å². The second-order valence-corrected chi connectivity index (χ2v) is 5.65. The second-order valence-electron chi connectivity index (χ2n) is 3.56. The van der Waals surface area contributed by atoms with E-state index in [1.807, 2.05) is 0 Å². The van der Waals surface area contributed by atoms with Gasteiger partial charge in [0, 0.05) is 13.2 Å². The predicted octanol–water partition coefficient (Wildman–Crippen LogP) is 0.856. The average molecular weight is 270 g/mol. The summed E-state index contributed by atoms with van der Waals surface area (Å²) in [6.45, 7) is 0.299. The van der Waals surface area contributed by atoms with Gasteiger partial charge in [-0.05, 0) is 5.10 Å². The molecule has 0 fully saturated rings. The molecule has 18 heavy (non-hydrogen) atoms. The van der Waals surface area contributed by atoms with Crippen LogP contribution in [-0.4, -0.2) is 28.2 Å². The van der Waals surface area contributed by atoms with E-state index in [0.29, 0.717) is 12.4 Å². The van der Waals surface area contributed by atoms with Crippen molar-refractivity contribution in [3.8, 4) is 11.5 Å². The van der Waals surface area contributed by atoms with Crippen LogP contribution in [0.4, 0.5) is 0 Å². The molecule has 0 aliphatic rings. The van der Waals surface area contributed by atoms with E-state index in [1.165, 1.54) is 13.4 Å². The summed E-state index contributed by atoms with van der Waals surface area (Å²) >= 11 is 0. The molecule has 2 rings (SSSR count). The molecule has 1 unspecified atom stereocenters. The van der Waals surface area contributed by atoms with Crippen LogP contribution in [0, 0.1) is 0 Å². The Morgan fingerprint density at radius 3 is 3.00 bits per heavy atom. The van der Waals surface area contributed by atoms with Crippen LogP contribution in [0.1, 0.15) is 0 Å². The Hall–Kier alpha value is -1.56. The van der Waals surface area contributed by atoms with Crippen LogP contribution < -0.4 is 4.68 Å². The van der Waals surface area contributed by atoms with Crippen LogP contribution >= 0.6 is 7.60 Å². The lowest BCUT2D eigenvalue weighted by molar-refractivity contribution is -0.750. The molecule has 7 nitrogen and oxygen atoms in total. The van der Waals surface area contributed by atoms with Crippen molar-refractivity contribution < 1.29 is 23.1 Å². The summed E-state index contributed by atoms with van der Waals surface area (Å²) in [4.78, 5) is 13.3. The molecule has 2 heterocycles. The molecule has 2 aromatic rings. The molecule has 0 amide bonds. The maximum Gasteiger partial charge on any atom is 0.334 e.